The van der Waals surface area contributed by atoms with Gasteiger partial charge < -0.3 is 15.3 Å². The van der Waals surface area contributed by atoms with Crippen LogP contribution in [0, 0.1) is 11.8 Å². The van der Waals surface area contributed by atoms with Crippen LogP contribution in [-0.2, 0) is 4.79 Å². The van der Waals surface area contributed by atoms with Crippen LogP contribution >= 0.6 is 0 Å². The Hall–Kier alpha value is -5.61. The smallest absolute Gasteiger partial charge is 0.315 e. The molecule has 6 aromatic rings. The first kappa shape index (κ1) is 39.2. The summed E-state index contributed by atoms with van der Waals surface area (Å²) in [5, 5.41) is 34.0. The van der Waals surface area contributed by atoms with E-state index in [0.29, 0.717) is 46.6 Å². The molecule has 6 aromatic carbocycles. The van der Waals surface area contributed by atoms with E-state index in [4.69, 9.17) is 0 Å². The zero-order chi connectivity index (χ0) is 40.2. The number of benzene rings is 6. The van der Waals surface area contributed by atoms with Crippen LogP contribution in [0.2, 0.25) is 0 Å². The fourth-order valence-electron chi connectivity index (χ4n) is 10.7. The molecule has 2 fully saturated rings. The molecule has 2 saturated carbocycles. The second kappa shape index (κ2) is 17.5. The third-order valence-electron chi connectivity index (χ3n) is 14.0. The van der Waals surface area contributed by atoms with Crippen LogP contribution in [-0.4, -0.2) is 21.3 Å². The highest BCUT2D eigenvalue weighted by atomic mass is 16.4. The van der Waals surface area contributed by atoms with Gasteiger partial charge in [-0.2, -0.15) is 0 Å². The van der Waals surface area contributed by atoms with Crippen molar-refractivity contribution in [2.24, 2.45) is 11.8 Å². The molecule has 0 aliphatic heterocycles. The van der Waals surface area contributed by atoms with Gasteiger partial charge in [0.25, 0.3) is 0 Å². The summed E-state index contributed by atoms with van der Waals surface area (Å²) in [4.78, 5) is 13.1. The van der Waals surface area contributed by atoms with Gasteiger partial charge in [-0.05, 0) is 131 Å². The second-order valence-electron chi connectivity index (χ2n) is 17.3. The second-order valence-corrected chi connectivity index (χ2v) is 17.3. The minimum absolute atomic E-state index is 0.0430. The molecule has 4 heteroatoms. The number of aliphatic carboxylic acids is 1. The SMILES string of the molecule is CC(c1ccccc1)C1CC(c2ccccc2)CC(c2ccc(C(C(=O)O)c3ccc(C4CC(c5ccccc5)CC(C(C)c5ccccc5)C4)cc3O)c(O)c2)C1. The Kier molecular flexibility index (Phi) is 11.8. The molecular formula is C54H56O4. The molecule has 0 bridgehead atoms. The summed E-state index contributed by atoms with van der Waals surface area (Å²) in [6.45, 7) is 4.67. The number of carboxylic acids is 1. The Labute approximate surface area is 344 Å². The average molecular weight is 769 g/mol. The first-order chi connectivity index (χ1) is 28.2. The van der Waals surface area contributed by atoms with Crippen LogP contribution < -0.4 is 0 Å². The Morgan fingerprint density at radius 1 is 0.448 bits per heavy atom. The lowest BCUT2D eigenvalue weighted by Gasteiger charge is -2.39. The lowest BCUT2D eigenvalue weighted by atomic mass is 9.66. The standard InChI is InChI=1S/C54H56O4/c1-35(37-15-7-3-8-16-37)43-27-45(39-19-11-5-12-20-39)31-47(29-43)41-23-25-49(51(55)33-41)53(54(57)58)50-26-24-42(34-52(50)56)48-30-44(36(2)38-17-9-4-10-18-38)28-46(32-48)40-21-13-6-14-22-40/h3-26,33-36,43-48,53,55-56H,27-32H2,1-2H3,(H,57,58). The molecule has 0 spiro atoms. The van der Waals surface area contributed by atoms with E-state index in [2.05, 4.69) is 135 Å². The first-order valence-electron chi connectivity index (χ1n) is 21.3. The lowest BCUT2D eigenvalue weighted by molar-refractivity contribution is -0.137. The van der Waals surface area contributed by atoms with Crippen molar-refractivity contribution in [2.45, 2.75) is 93.8 Å². The van der Waals surface area contributed by atoms with Gasteiger partial charge in [-0.15, -0.1) is 0 Å². The largest absolute Gasteiger partial charge is 0.508 e. The Balaban J connectivity index is 1.06. The van der Waals surface area contributed by atoms with Gasteiger partial charge in [0, 0.05) is 11.1 Å². The lowest BCUT2D eigenvalue weighted by Crippen LogP contribution is -2.24. The number of carboxylic acid groups (broad SMARTS) is 1. The zero-order valence-corrected chi connectivity index (χ0v) is 33.7. The molecule has 58 heavy (non-hydrogen) atoms. The minimum atomic E-state index is -1.22. The highest BCUT2D eigenvalue weighted by Crippen LogP contribution is 2.51. The Morgan fingerprint density at radius 2 is 0.776 bits per heavy atom. The maximum Gasteiger partial charge on any atom is 0.315 e. The fraction of sp³-hybridized carbons (Fsp3) is 0.315. The van der Waals surface area contributed by atoms with E-state index in [0.717, 1.165) is 49.7 Å². The van der Waals surface area contributed by atoms with Gasteiger partial charge >= 0.3 is 5.97 Å². The predicted octanol–water partition coefficient (Wildman–Crippen LogP) is 13.3. The summed E-state index contributed by atoms with van der Waals surface area (Å²) in [5.74, 6) is 0.395. The molecule has 8 unspecified atom stereocenters. The number of rotatable bonds is 11. The highest BCUT2D eigenvalue weighted by Gasteiger charge is 2.37. The maximum atomic E-state index is 13.1. The Bertz CT molecular complexity index is 2110. The topological polar surface area (TPSA) is 77.8 Å². The molecule has 3 N–H and O–H groups in total. The fourth-order valence-corrected chi connectivity index (χ4v) is 10.7. The molecule has 4 nitrogen and oxygen atoms in total. The molecule has 2 aliphatic rings. The molecule has 0 radical (unpaired) electrons. The summed E-state index contributed by atoms with van der Waals surface area (Å²) >= 11 is 0. The maximum absolute atomic E-state index is 13.1. The van der Waals surface area contributed by atoms with Crippen molar-refractivity contribution in [3.05, 3.63) is 202 Å². The Morgan fingerprint density at radius 3 is 1.10 bits per heavy atom. The molecule has 8 rings (SSSR count). The third-order valence-corrected chi connectivity index (χ3v) is 14.0. The average Bonchev–Trinajstić information content (AvgIpc) is 3.27. The van der Waals surface area contributed by atoms with E-state index in [-0.39, 0.29) is 23.3 Å². The van der Waals surface area contributed by atoms with Crippen LogP contribution in [0.25, 0.3) is 0 Å². The molecule has 0 saturated heterocycles. The summed E-state index contributed by atoms with van der Waals surface area (Å²) in [7, 11) is 0. The number of hydrogen-bond donors (Lipinski definition) is 3. The molecule has 0 aromatic heterocycles. The normalized spacial score (nSPS) is 23.7. The number of aromatic hydroxyl groups is 2. The minimum Gasteiger partial charge on any atom is -0.508 e. The van der Waals surface area contributed by atoms with Crippen molar-refractivity contribution in [3.8, 4) is 11.5 Å². The predicted molar refractivity (Wildman–Crippen MR) is 234 cm³/mol. The van der Waals surface area contributed by atoms with Crippen molar-refractivity contribution < 1.29 is 20.1 Å². The zero-order valence-electron chi connectivity index (χ0n) is 33.7. The number of hydrogen-bond acceptors (Lipinski definition) is 3. The van der Waals surface area contributed by atoms with Crippen molar-refractivity contribution >= 4 is 5.97 Å². The van der Waals surface area contributed by atoms with Crippen molar-refractivity contribution in [1.82, 2.24) is 0 Å². The van der Waals surface area contributed by atoms with Crippen LogP contribution in [0.3, 0.4) is 0 Å². The number of phenolic OH excluding ortho intramolecular Hbond substituents is 2. The molecule has 0 heterocycles. The summed E-state index contributed by atoms with van der Waals surface area (Å²) in [6.07, 6.45) is 6.08. The van der Waals surface area contributed by atoms with E-state index in [1.165, 1.54) is 22.3 Å². The third kappa shape index (κ3) is 8.48. The molecule has 8 atom stereocenters. The van der Waals surface area contributed by atoms with E-state index in [1.807, 2.05) is 12.1 Å². The van der Waals surface area contributed by atoms with E-state index >= 15 is 0 Å². The van der Waals surface area contributed by atoms with Gasteiger partial charge in [-0.3, -0.25) is 4.79 Å². The van der Waals surface area contributed by atoms with Gasteiger partial charge in [-0.1, -0.05) is 159 Å². The van der Waals surface area contributed by atoms with Crippen LogP contribution in [0.5, 0.6) is 11.5 Å². The summed E-state index contributed by atoms with van der Waals surface area (Å²) < 4.78 is 0. The van der Waals surface area contributed by atoms with Gasteiger partial charge in [0.05, 0.1) is 0 Å². The molecule has 0 amide bonds. The van der Waals surface area contributed by atoms with Gasteiger partial charge in [0.15, 0.2) is 0 Å². The van der Waals surface area contributed by atoms with Gasteiger partial charge in [0.2, 0.25) is 0 Å². The van der Waals surface area contributed by atoms with E-state index in [1.54, 1.807) is 24.3 Å². The van der Waals surface area contributed by atoms with Crippen LogP contribution in [0.4, 0.5) is 0 Å². The van der Waals surface area contributed by atoms with Crippen molar-refractivity contribution in [2.75, 3.05) is 0 Å². The molecule has 296 valence electrons. The number of carbonyl (C=O) groups is 1. The van der Waals surface area contributed by atoms with Crippen LogP contribution in [0.15, 0.2) is 158 Å². The van der Waals surface area contributed by atoms with Gasteiger partial charge in [0.1, 0.15) is 17.4 Å². The molecule has 2 aliphatic carbocycles. The monoisotopic (exact) mass is 768 g/mol. The van der Waals surface area contributed by atoms with E-state index in [9.17, 15) is 20.1 Å². The molecular weight excluding hydrogens is 713 g/mol. The van der Waals surface area contributed by atoms with Crippen molar-refractivity contribution in [1.29, 1.82) is 0 Å². The summed E-state index contributed by atoms with van der Waals surface area (Å²) in [6, 6.07) is 54.1. The summed E-state index contributed by atoms with van der Waals surface area (Å²) in [5.41, 5.74) is 8.01. The van der Waals surface area contributed by atoms with Crippen LogP contribution in [0.1, 0.15) is 138 Å². The van der Waals surface area contributed by atoms with Gasteiger partial charge in [-0.25, -0.2) is 0 Å². The van der Waals surface area contributed by atoms with E-state index < -0.39 is 11.9 Å². The highest BCUT2D eigenvalue weighted by molar-refractivity contribution is 5.82. The van der Waals surface area contributed by atoms with Crippen molar-refractivity contribution in [3.63, 3.8) is 0 Å². The first-order valence-corrected chi connectivity index (χ1v) is 21.3. The number of phenols is 2. The quantitative estimate of drug-likeness (QED) is 0.123.